The molecule has 3 heterocycles. The molecule has 0 bridgehead atoms. The third-order valence-electron chi connectivity index (χ3n) is 3.13. The SMILES string of the molecule is Cc1csc([C@H]2CN(Cc3cc(C)on3)CCO2)n1. The Morgan fingerprint density at radius 3 is 3.05 bits per heavy atom. The molecule has 1 aliphatic heterocycles. The van der Waals surface area contributed by atoms with Crippen LogP contribution in [0.25, 0.3) is 0 Å². The Hall–Kier alpha value is -1.24. The number of aromatic nitrogens is 2. The van der Waals surface area contributed by atoms with Crippen LogP contribution in [0.3, 0.4) is 0 Å². The highest BCUT2D eigenvalue weighted by molar-refractivity contribution is 7.09. The van der Waals surface area contributed by atoms with Crippen molar-refractivity contribution in [2.45, 2.75) is 26.5 Å². The van der Waals surface area contributed by atoms with Crippen molar-refractivity contribution in [3.8, 4) is 0 Å². The fourth-order valence-corrected chi connectivity index (χ4v) is 3.07. The van der Waals surface area contributed by atoms with Crippen LogP contribution in [0.15, 0.2) is 16.0 Å². The van der Waals surface area contributed by atoms with Crippen LogP contribution in [-0.4, -0.2) is 34.7 Å². The molecule has 1 atom stereocenters. The zero-order chi connectivity index (χ0) is 13.2. The van der Waals surface area contributed by atoms with Crippen LogP contribution in [0.1, 0.15) is 28.3 Å². The smallest absolute Gasteiger partial charge is 0.133 e. The van der Waals surface area contributed by atoms with Gasteiger partial charge in [0.2, 0.25) is 0 Å². The van der Waals surface area contributed by atoms with Crippen molar-refractivity contribution in [3.05, 3.63) is 33.6 Å². The van der Waals surface area contributed by atoms with Crippen molar-refractivity contribution in [2.75, 3.05) is 19.7 Å². The minimum absolute atomic E-state index is 0.0837. The van der Waals surface area contributed by atoms with Crippen molar-refractivity contribution >= 4 is 11.3 Å². The lowest BCUT2D eigenvalue weighted by molar-refractivity contribution is -0.0336. The molecular weight excluding hydrogens is 262 g/mol. The summed E-state index contributed by atoms with van der Waals surface area (Å²) in [6, 6.07) is 1.98. The number of morpholine rings is 1. The van der Waals surface area contributed by atoms with E-state index in [-0.39, 0.29) is 6.10 Å². The highest BCUT2D eigenvalue weighted by atomic mass is 32.1. The lowest BCUT2D eigenvalue weighted by Crippen LogP contribution is -2.37. The second-order valence-electron chi connectivity index (χ2n) is 4.85. The molecular formula is C13H17N3O2S. The molecule has 0 radical (unpaired) electrons. The Labute approximate surface area is 116 Å². The van der Waals surface area contributed by atoms with Gasteiger partial charge in [-0.1, -0.05) is 5.16 Å². The number of nitrogens with zero attached hydrogens (tertiary/aromatic N) is 3. The summed E-state index contributed by atoms with van der Waals surface area (Å²) in [7, 11) is 0. The summed E-state index contributed by atoms with van der Waals surface area (Å²) in [5.41, 5.74) is 2.04. The first kappa shape index (κ1) is 12.8. The van der Waals surface area contributed by atoms with Crippen LogP contribution in [0.5, 0.6) is 0 Å². The molecule has 0 aliphatic carbocycles. The van der Waals surface area contributed by atoms with E-state index in [1.54, 1.807) is 11.3 Å². The molecule has 1 fully saturated rings. The molecule has 0 unspecified atom stereocenters. The number of hydrogen-bond acceptors (Lipinski definition) is 6. The Bertz CT molecular complexity index is 552. The zero-order valence-corrected chi connectivity index (χ0v) is 11.9. The van der Waals surface area contributed by atoms with E-state index < -0.39 is 0 Å². The van der Waals surface area contributed by atoms with E-state index >= 15 is 0 Å². The maximum absolute atomic E-state index is 5.81. The number of ether oxygens (including phenoxy) is 1. The second-order valence-corrected chi connectivity index (χ2v) is 5.74. The number of aryl methyl sites for hydroxylation is 2. The predicted octanol–water partition coefficient (Wildman–Crippen LogP) is 2.32. The van der Waals surface area contributed by atoms with Gasteiger partial charge in [0.05, 0.1) is 12.3 Å². The molecule has 6 heteroatoms. The number of rotatable bonds is 3. The molecule has 102 valence electrons. The molecule has 0 saturated carbocycles. The highest BCUT2D eigenvalue weighted by Gasteiger charge is 2.24. The largest absolute Gasteiger partial charge is 0.368 e. The summed E-state index contributed by atoms with van der Waals surface area (Å²) < 4.78 is 10.9. The zero-order valence-electron chi connectivity index (χ0n) is 11.1. The van der Waals surface area contributed by atoms with Crippen LogP contribution in [0.4, 0.5) is 0 Å². The molecule has 0 aromatic carbocycles. The van der Waals surface area contributed by atoms with Crippen LogP contribution >= 0.6 is 11.3 Å². The lowest BCUT2D eigenvalue weighted by atomic mass is 10.2. The van der Waals surface area contributed by atoms with Gasteiger partial charge in [0.1, 0.15) is 16.9 Å². The second kappa shape index (κ2) is 5.40. The monoisotopic (exact) mass is 279 g/mol. The summed E-state index contributed by atoms with van der Waals surface area (Å²) in [6.45, 7) is 7.25. The van der Waals surface area contributed by atoms with Gasteiger partial charge in [0, 0.05) is 36.8 Å². The standard InChI is InChI=1S/C13H17N3O2S/c1-9-8-19-13(14-9)12-7-16(3-4-17-12)6-11-5-10(2)18-15-11/h5,8,12H,3-4,6-7H2,1-2H3/t12-/m1/s1. The van der Waals surface area contributed by atoms with Gasteiger partial charge < -0.3 is 9.26 Å². The summed E-state index contributed by atoms with van der Waals surface area (Å²) in [5, 5.41) is 7.18. The average molecular weight is 279 g/mol. The maximum Gasteiger partial charge on any atom is 0.133 e. The molecule has 2 aromatic rings. The van der Waals surface area contributed by atoms with Crippen molar-refractivity contribution < 1.29 is 9.26 Å². The van der Waals surface area contributed by atoms with Crippen LogP contribution in [0, 0.1) is 13.8 Å². The first-order valence-corrected chi connectivity index (χ1v) is 7.27. The Morgan fingerprint density at radius 1 is 1.47 bits per heavy atom. The Kier molecular flexibility index (Phi) is 3.63. The fraction of sp³-hybridized carbons (Fsp3) is 0.538. The molecule has 0 amide bonds. The van der Waals surface area contributed by atoms with Gasteiger partial charge in [-0.3, -0.25) is 4.90 Å². The summed E-state index contributed by atoms with van der Waals surface area (Å²) in [6.07, 6.45) is 0.0837. The molecule has 5 nitrogen and oxygen atoms in total. The molecule has 2 aromatic heterocycles. The minimum Gasteiger partial charge on any atom is -0.368 e. The van der Waals surface area contributed by atoms with Crippen molar-refractivity contribution in [3.63, 3.8) is 0 Å². The molecule has 19 heavy (non-hydrogen) atoms. The lowest BCUT2D eigenvalue weighted by Gasteiger charge is -2.31. The quantitative estimate of drug-likeness (QED) is 0.863. The third kappa shape index (κ3) is 3.02. The summed E-state index contributed by atoms with van der Waals surface area (Å²) >= 11 is 1.67. The molecule has 1 aliphatic rings. The summed E-state index contributed by atoms with van der Waals surface area (Å²) in [4.78, 5) is 6.85. The normalized spacial score (nSPS) is 20.8. The first-order chi connectivity index (χ1) is 9.20. The third-order valence-corrected chi connectivity index (χ3v) is 4.18. The van der Waals surface area contributed by atoms with Gasteiger partial charge in [-0.2, -0.15) is 0 Å². The molecule has 0 N–H and O–H groups in total. The van der Waals surface area contributed by atoms with Crippen LogP contribution in [-0.2, 0) is 11.3 Å². The highest BCUT2D eigenvalue weighted by Crippen LogP contribution is 2.25. The van der Waals surface area contributed by atoms with E-state index in [9.17, 15) is 0 Å². The van der Waals surface area contributed by atoms with Gasteiger partial charge in [-0.15, -0.1) is 11.3 Å². The Morgan fingerprint density at radius 2 is 2.37 bits per heavy atom. The van der Waals surface area contributed by atoms with E-state index in [0.29, 0.717) is 0 Å². The first-order valence-electron chi connectivity index (χ1n) is 6.39. The van der Waals surface area contributed by atoms with Crippen molar-refractivity contribution in [1.82, 2.24) is 15.0 Å². The number of thiazole rings is 1. The van der Waals surface area contributed by atoms with E-state index in [4.69, 9.17) is 9.26 Å². The maximum atomic E-state index is 5.81. The Balaban J connectivity index is 1.64. The number of hydrogen-bond donors (Lipinski definition) is 0. The van der Waals surface area contributed by atoms with Crippen molar-refractivity contribution in [2.24, 2.45) is 0 Å². The predicted molar refractivity (Wildman–Crippen MR) is 72.1 cm³/mol. The van der Waals surface area contributed by atoms with Gasteiger partial charge in [0.25, 0.3) is 0 Å². The molecule has 3 rings (SSSR count). The van der Waals surface area contributed by atoms with Crippen LogP contribution in [0.2, 0.25) is 0 Å². The summed E-state index contributed by atoms with van der Waals surface area (Å²) in [5.74, 6) is 0.857. The van der Waals surface area contributed by atoms with E-state index in [2.05, 4.69) is 20.4 Å². The van der Waals surface area contributed by atoms with Gasteiger partial charge in [-0.25, -0.2) is 4.98 Å². The van der Waals surface area contributed by atoms with E-state index in [1.807, 2.05) is 19.9 Å². The fourth-order valence-electron chi connectivity index (χ4n) is 2.24. The molecule has 0 spiro atoms. The average Bonchev–Trinajstić information content (AvgIpc) is 2.99. The van der Waals surface area contributed by atoms with Gasteiger partial charge >= 0.3 is 0 Å². The van der Waals surface area contributed by atoms with E-state index in [0.717, 1.165) is 48.4 Å². The molecule has 1 saturated heterocycles. The van der Waals surface area contributed by atoms with Gasteiger partial charge in [-0.05, 0) is 13.8 Å². The van der Waals surface area contributed by atoms with Gasteiger partial charge in [0.15, 0.2) is 0 Å². The topological polar surface area (TPSA) is 51.4 Å². The van der Waals surface area contributed by atoms with Crippen LogP contribution < -0.4 is 0 Å². The minimum atomic E-state index is 0.0837. The van der Waals surface area contributed by atoms with Crippen molar-refractivity contribution in [1.29, 1.82) is 0 Å². The van der Waals surface area contributed by atoms with E-state index in [1.165, 1.54) is 0 Å².